The molecule has 4 rings (SSSR count). The third-order valence-corrected chi connectivity index (χ3v) is 4.62. The topological polar surface area (TPSA) is 46.3 Å². The second-order valence-corrected chi connectivity index (χ2v) is 6.05. The summed E-state index contributed by atoms with van der Waals surface area (Å²) < 4.78 is 0. The number of amides is 1. The molecule has 2 N–H and O–H groups in total. The van der Waals surface area contributed by atoms with Crippen LogP contribution in [0, 0.1) is 0 Å². The summed E-state index contributed by atoms with van der Waals surface area (Å²) in [5.74, 6) is 6.08. The molecular weight excluding hydrogens is 296 g/mol. The fourth-order valence-corrected chi connectivity index (χ4v) is 3.48. The van der Waals surface area contributed by atoms with Gasteiger partial charge in [0.25, 0.3) is 5.91 Å². The highest BCUT2D eigenvalue weighted by atomic mass is 16.2. The van der Waals surface area contributed by atoms with Gasteiger partial charge in [-0.25, -0.2) is 5.84 Å². The van der Waals surface area contributed by atoms with Crippen molar-refractivity contribution in [1.82, 2.24) is 5.01 Å². The molecule has 0 saturated heterocycles. The van der Waals surface area contributed by atoms with Crippen LogP contribution in [0.3, 0.4) is 0 Å². The smallest absolute Gasteiger partial charge is 0.267 e. The first-order chi connectivity index (χ1) is 11.8. The van der Waals surface area contributed by atoms with E-state index in [1.54, 1.807) is 12.1 Å². The molecule has 0 saturated carbocycles. The summed E-state index contributed by atoms with van der Waals surface area (Å²) in [6.45, 7) is 0.460. The summed E-state index contributed by atoms with van der Waals surface area (Å²) in [6.07, 6.45) is 0. The lowest BCUT2D eigenvalue weighted by Crippen LogP contribution is -2.40. The van der Waals surface area contributed by atoms with Gasteiger partial charge in [0, 0.05) is 18.0 Å². The van der Waals surface area contributed by atoms with Crippen molar-refractivity contribution in [2.75, 3.05) is 6.54 Å². The second kappa shape index (κ2) is 5.95. The Kier molecular flexibility index (Phi) is 3.63. The second-order valence-electron chi connectivity index (χ2n) is 6.05. The van der Waals surface area contributed by atoms with Crippen LogP contribution in [0.1, 0.15) is 27.4 Å². The Bertz CT molecular complexity index is 844. The van der Waals surface area contributed by atoms with Crippen molar-refractivity contribution in [1.29, 1.82) is 0 Å². The monoisotopic (exact) mass is 314 g/mol. The van der Waals surface area contributed by atoms with Gasteiger partial charge < -0.3 is 0 Å². The van der Waals surface area contributed by atoms with E-state index < -0.39 is 0 Å². The highest BCUT2D eigenvalue weighted by molar-refractivity contribution is 5.94. The Balaban J connectivity index is 1.66. The van der Waals surface area contributed by atoms with Gasteiger partial charge in [-0.15, -0.1) is 0 Å². The van der Waals surface area contributed by atoms with Gasteiger partial charge in [-0.1, -0.05) is 66.7 Å². The number of nitrogens with zero attached hydrogens (tertiary/aromatic N) is 1. The van der Waals surface area contributed by atoms with Crippen molar-refractivity contribution in [3.05, 3.63) is 95.6 Å². The van der Waals surface area contributed by atoms with Crippen LogP contribution in [0.25, 0.3) is 11.1 Å². The van der Waals surface area contributed by atoms with Crippen LogP contribution in [-0.4, -0.2) is 17.5 Å². The average Bonchev–Trinajstić information content (AvgIpc) is 2.96. The summed E-state index contributed by atoms with van der Waals surface area (Å²) in [5, 5.41) is 1.33. The molecule has 3 nitrogen and oxygen atoms in total. The largest absolute Gasteiger partial charge is 0.276 e. The first kappa shape index (κ1) is 14.7. The van der Waals surface area contributed by atoms with E-state index in [0.29, 0.717) is 12.1 Å². The summed E-state index contributed by atoms with van der Waals surface area (Å²) in [7, 11) is 0. The minimum atomic E-state index is -0.155. The SMILES string of the molecule is NN(CC1c2ccccc2-c2ccccc21)C(=O)c1ccccc1. The number of rotatable bonds is 3. The van der Waals surface area contributed by atoms with Gasteiger partial charge in [-0.05, 0) is 34.4 Å². The lowest BCUT2D eigenvalue weighted by atomic mass is 9.96. The van der Waals surface area contributed by atoms with Crippen LogP contribution < -0.4 is 5.84 Å². The predicted molar refractivity (Wildman–Crippen MR) is 95.4 cm³/mol. The molecule has 24 heavy (non-hydrogen) atoms. The molecule has 0 heterocycles. The fourth-order valence-electron chi connectivity index (χ4n) is 3.48. The van der Waals surface area contributed by atoms with Crippen LogP contribution in [-0.2, 0) is 0 Å². The van der Waals surface area contributed by atoms with E-state index in [2.05, 4.69) is 24.3 Å². The van der Waals surface area contributed by atoms with Crippen molar-refractivity contribution in [2.45, 2.75) is 5.92 Å². The standard InChI is InChI=1S/C21H18N2O/c22-23(21(24)15-8-2-1-3-9-15)14-20-18-12-6-4-10-16(18)17-11-5-7-13-19(17)20/h1-13,20H,14,22H2. The van der Waals surface area contributed by atoms with Crippen LogP contribution in [0.15, 0.2) is 78.9 Å². The van der Waals surface area contributed by atoms with Crippen molar-refractivity contribution in [2.24, 2.45) is 5.84 Å². The third-order valence-electron chi connectivity index (χ3n) is 4.62. The van der Waals surface area contributed by atoms with Gasteiger partial charge >= 0.3 is 0 Å². The van der Waals surface area contributed by atoms with Gasteiger partial charge in [0.1, 0.15) is 0 Å². The van der Waals surface area contributed by atoms with Gasteiger partial charge in [0.05, 0.1) is 0 Å². The molecule has 3 heteroatoms. The van der Waals surface area contributed by atoms with E-state index >= 15 is 0 Å². The molecule has 0 atom stereocenters. The first-order valence-corrected chi connectivity index (χ1v) is 8.05. The van der Waals surface area contributed by atoms with Crippen molar-refractivity contribution >= 4 is 5.91 Å². The van der Waals surface area contributed by atoms with Crippen LogP contribution in [0.2, 0.25) is 0 Å². The summed E-state index contributed by atoms with van der Waals surface area (Å²) in [6, 6.07) is 25.9. The van der Waals surface area contributed by atoms with Gasteiger partial charge in [0.15, 0.2) is 0 Å². The van der Waals surface area contributed by atoms with Crippen LogP contribution in [0.4, 0.5) is 0 Å². The van der Waals surface area contributed by atoms with E-state index in [0.717, 1.165) is 0 Å². The van der Waals surface area contributed by atoms with Gasteiger partial charge in [-0.2, -0.15) is 0 Å². The maximum atomic E-state index is 12.6. The Hall–Kier alpha value is -2.91. The molecule has 0 bridgehead atoms. The minimum Gasteiger partial charge on any atom is -0.276 e. The highest BCUT2D eigenvalue weighted by Gasteiger charge is 2.30. The quantitative estimate of drug-likeness (QED) is 0.454. The molecule has 3 aromatic carbocycles. The third kappa shape index (κ3) is 2.39. The van der Waals surface area contributed by atoms with Crippen LogP contribution in [0.5, 0.6) is 0 Å². The summed E-state index contributed by atoms with van der Waals surface area (Å²) >= 11 is 0. The zero-order valence-electron chi connectivity index (χ0n) is 13.2. The molecule has 1 aliphatic carbocycles. The molecule has 118 valence electrons. The molecule has 0 fully saturated rings. The predicted octanol–water partition coefficient (Wildman–Crippen LogP) is 3.82. The van der Waals surface area contributed by atoms with E-state index in [-0.39, 0.29) is 11.8 Å². The summed E-state index contributed by atoms with van der Waals surface area (Å²) in [4.78, 5) is 12.6. The fraction of sp³-hybridized carbons (Fsp3) is 0.0952. The number of nitrogens with two attached hydrogens (primary N) is 1. The van der Waals surface area contributed by atoms with E-state index in [1.807, 2.05) is 42.5 Å². The molecule has 1 amide bonds. The van der Waals surface area contributed by atoms with Gasteiger partial charge in [-0.3, -0.25) is 9.80 Å². The number of benzene rings is 3. The van der Waals surface area contributed by atoms with Gasteiger partial charge in [0.2, 0.25) is 0 Å². The maximum absolute atomic E-state index is 12.6. The van der Waals surface area contributed by atoms with E-state index in [1.165, 1.54) is 27.3 Å². The molecule has 0 radical (unpaired) electrons. The molecule has 0 unspecified atom stereocenters. The molecule has 0 spiro atoms. The highest BCUT2D eigenvalue weighted by Crippen LogP contribution is 2.44. The van der Waals surface area contributed by atoms with Crippen LogP contribution >= 0.6 is 0 Å². The molecule has 0 aromatic heterocycles. The van der Waals surface area contributed by atoms with E-state index in [9.17, 15) is 4.79 Å². The number of carbonyl (C=O) groups is 1. The number of hydrogen-bond donors (Lipinski definition) is 1. The number of carbonyl (C=O) groups excluding carboxylic acids is 1. The Morgan fingerprint density at radius 1 is 0.792 bits per heavy atom. The normalized spacial score (nSPS) is 12.5. The zero-order chi connectivity index (χ0) is 16.5. The zero-order valence-corrected chi connectivity index (χ0v) is 13.2. The molecule has 3 aromatic rings. The molecule has 0 aliphatic heterocycles. The number of fused-ring (bicyclic) bond motifs is 3. The number of hydrazine groups is 1. The lowest BCUT2D eigenvalue weighted by molar-refractivity contribution is 0.0750. The van der Waals surface area contributed by atoms with Crippen molar-refractivity contribution in [3.63, 3.8) is 0 Å². The molecular formula is C21H18N2O. The summed E-state index contributed by atoms with van der Waals surface area (Å²) in [5.41, 5.74) is 5.54. The Morgan fingerprint density at radius 3 is 1.88 bits per heavy atom. The molecule has 1 aliphatic rings. The first-order valence-electron chi connectivity index (χ1n) is 8.05. The lowest BCUT2D eigenvalue weighted by Gasteiger charge is -2.22. The number of hydrogen-bond acceptors (Lipinski definition) is 2. The van der Waals surface area contributed by atoms with Crippen molar-refractivity contribution < 1.29 is 4.79 Å². The Labute approximate surface area is 141 Å². The Morgan fingerprint density at radius 2 is 1.29 bits per heavy atom. The average molecular weight is 314 g/mol. The van der Waals surface area contributed by atoms with E-state index in [4.69, 9.17) is 5.84 Å². The van der Waals surface area contributed by atoms with Crippen molar-refractivity contribution in [3.8, 4) is 11.1 Å². The minimum absolute atomic E-state index is 0.107. The maximum Gasteiger partial charge on any atom is 0.267 e.